The van der Waals surface area contributed by atoms with Gasteiger partial charge in [-0.2, -0.15) is 0 Å². The Morgan fingerprint density at radius 1 is 1.26 bits per heavy atom. The number of fused-ring (bicyclic) bond motifs is 1. The van der Waals surface area contributed by atoms with Gasteiger partial charge < -0.3 is 15.2 Å². The van der Waals surface area contributed by atoms with E-state index in [9.17, 15) is 9.90 Å². The van der Waals surface area contributed by atoms with Crippen LogP contribution in [0.1, 0.15) is 67.5 Å². The van der Waals surface area contributed by atoms with Crippen molar-refractivity contribution in [3.8, 4) is 5.75 Å². The molecule has 0 aliphatic heterocycles. The van der Waals surface area contributed by atoms with Crippen molar-refractivity contribution < 1.29 is 14.6 Å². The van der Waals surface area contributed by atoms with Crippen molar-refractivity contribution in [3.05, 3.63) is 29.7 Å². The Labute approximate surface area is 159 Å². The van der Waals surface area contributed by atoms with Crippen LogP contribution < -0.4 is 10.1 Å². The zero-order valence-electron chi connectivity index (χ0n) is 16.0. The average molecular weight is 371 g/mol. The molecule has 0 spiro atoms. The van der Waals surface area contributed by atoms with E-state index in [1.54, 1.807) is 0 Å². The lowest BCUT2D eigenvalue weighted by molar-refractivity contribution is 0.0867. The predicted octanol–water partition coefficient (Wildman–Crippen LogP) is 3.25. The maximum Gasteiger partial charge on any atom is 0.270 e. The van der Waals surface area contributed by atoms with Crippen molar-refractivity contribution in [3.63, 3.8) is 0 Å². The van der Waals surface area contributed by atoms with Crippen LogP contribution in [0.5, 0.6) is 5.75 Å². The largest absolute Gasteiger partial charge is 0.489 e. The Morgan fingerprint density at radius 2 is 2.07 bits per heavy atom. The molecule has 2 atom stereocenters. The van der Waals surface area contributed by atoms with Gasteiger partial charge in [0.05, 0.1) is 24.4 Å². The normalized spacial score (nSPS) is 23.6. The van der Waals surface area contributed by atoms with Crippen molar-refractivity contribution in [2.75, 3.05) is 6.61 Å². The van der Waals surface area contributed by atoms with Gasteiger partial charge in [0.1, 0.15) is 5.69 Å². The minimum Gasteiger partial charge on any atom is -0.489 e. The summed E-state index contributed by atoms with van der Waals surface area (Å²) in [6.07, 6.45) is 10.3. The molecule has 2 N–H and O–H groups in total. The van der Waals surface area contributed by atoms with Gasteiger partial charge in [-0.3, -0.25) is 9.20 Å². The third kappa shape index (κ3) is 3.81. The van der Waals surface area contributed by atoms with Crippen LogP contribution in [0.15, 0.2) is 18.3 Å². The third-order valence-electron chi connectivity index (χ3n) is 6.00. The van der Waals surface area contributed by atoms with Crippen LogP contribution in [0, 0.1) is 12.8 Å². The number of carbonyl (C=O) groups is 1. The van der Waals surface area contributed by atoms with E-state index in [0.717, 1.165) is 25.0 Å². The first kappa shape index (κ1) is 18.3. The predicted molar refractivity (Wildman–Crippen MR) is 103 cm³/mol. The molecule has 0 radical (unpaired) electrons. The molecule has 0 bridgehead atoms. The zero-order valence-corrected chi connectivity index (χ0v) is 16.0. The number of hydrogen-bond acceptors (Lipinski definition) is 4. The number of imidazole rings is 1. The highest BCUT2D eigenvalue weighted by Crippen LogP contribution is 2.27. The highest BCUT2D eigenvalue weighted by atomic mass is 16.5. The molecular weight excluding hydrogens is 342 g/mol. The molecule has 1 amide bonds. The number of carbonyl (C=O) groups excluding carboxylic acids is 1. The Morgan fingerprint density at radius 3 is 2.81 bits per heavy atom. The summed E-state index contributed by atoms with van der Waals surface area (Å²) < 4.78 is 7.91. The molecule has 2 saturated carbocycles. The second-order valence-corrected chi connectivity index (χ2v) is 8.01. The minimum atomic E-state index is -0.456. The van der Waals surface area contributed by atoms with Crippen LogP contribution in [-0.4, -0.2) is 39.2 Å². The molecule has 0 aromatic carbocycles. The maximum absolute atomic E-state index is 12.8. The van der Waals surface area contributed by atoms with Crippen LogP contribution in [0.2, 0.25) is 0 Å². The SMILES string of the molecule is Cc1nc2c(OCC3CCCCC3)cccn2c1C(=O)N[C@H]1CCC[C@H]1O. The van der Waals surface area contributed by atoms with E-state index < -0.39 is 6.10 Å². The van der Waals surface area contributed by atoms with Gasteiger partial charge in [0, 0.05) is 6.20 Å². The molecule has 6 nitrogen and oxygen atoms in total. The summed E-state index contributed by atoms with van der Waals surface area (Å²) >= 11 is 0. The molecule has 6 heteroatoms. The summed E-state index contributed by atoms with van der Waals surface area (Å²) in [5.41, 5.74) is 1.88. The van der Waals surface area contributed by atoms with Gasteiger partial charge in [-0.05, 0) is 57.1 Å². The van der Waals surface area contributed by atoms with E-state index in [2.05, 4.69) is 10.3 Å². The molecule has 0 unspecified atom stereocenters. The van der Waals surface area contributed by atoms with Crippen LogP contribution in [0.3, 0.4) is 0 Å². The van der Waals surface area contributed by atoms with Gasteiger partial charge in [0.15, 0.2) is 11.4 Å². The molecule has 2 heterocycles. The molecule has 2 aromatic heterocycles. The standard InChI is InChI=1S/C21H29N3O3/c1-14-19(21(26)23-16-9-5-10-17(16)25)24-12-6-11-18(20(24)22-14)27-13-15-7-3-2-4-8-15/h6,11-12,15-17,25H,2-5,7-10,13H2,1H3,(H,23,26)/t16-,17+/m0/s1. The summed E-state index contributed by atoms with van der Waals surface area (Å²) in [4.78, 5) is 17.4. The number of aryl methyl sites for hydroxylation is 1. The molecule has 146 valence electrons. The number of pyridine rings is 1. The van der Waals surface area contributed by atoms with Crippen molar-refractivity contribution in [1.82, 2.24) is 14.7 Å². The van der Waals surface area contributed by atoms with Crippen LogP contribution in [0.4, 0.5) is 0 Å². The summed E-state index contributed by atoms with van der Waals surface area (Å²) in [5, 5.41) is 13.0. The van der Waals surface area contributed by atoms with E-state index in [1.165, 1.54) is 32.1 Å². The highest BCUT2D eigenvalue weighted by Gasteiger charge is 2.29. The van der Waals surface area contributed by atoms with Crippen LogP contribution in [0.25, 0.3) is 5.65 Å². The first-order chi connectivity index (χ1) is 13.1. The first-order valence-corrected chi connectivity index (χ1v) is 10.2. The lowest BCUT2D eigenvalue weighted by Crippen LogP contribution is -2.40. The topological polar surface area (TPSA) is 75.9 Å². The smallest absolute Gasteiger partial charge is 0.270 e. The maximum atomic E-state index is 12.8. The number of rotatable bonds is 5. The Hall–Kier alpha value is -2.08. The van der Waals surface area contributed by atoms with Crippen LogP contribution >= 0.6 is 0 Å². The average Bonchev–Trinajstić information content (AvgIpc) is 3.23. The Balaban J connectivity index is 1.53. The lowest BCUT2D eigenvalue weighted by Gasteiger charge is -2.21. The van der Waals surface area contributed by atoms with Gasteiger partial charge in [0.25, 0.3) is 5.91 Å². The summed E-state index contributed by atoms with van der Waals surface area (Å²) in [6.45, 7) is 2.55. The van der Waals surface area contributed by atoms with E-state index in [-0.39, 0.29) is 11.9 Å². The molecule has 27 heavy (non-hydrogen) atoms. The lowest BCUT2D eigenvalue weighted by atomic mass is 9.90. The number of nitrogens with one attached hydrogen (secondary N) is 1. The summed E-state index contributed by atoms with van der Waals surface area (Å²) in [6, 6.07) is 3.65. The zero-order chi connectivity index (χ0) is 18.8. The fourth-order valence-electron chi connectivity index (χ4n) is 4.45. The van der Waals surface area contributed by atoms with E-state index in [0.29, 0.717) is 29.6 Å². The van der Waals surface area contributed by atoms with Crippen LogP contribution in [-0.2, 0) is 0 Å². The number of aromatic nitrogens is 2. The minimum absolute atomic E-state index is 0.173. The number of aliphatic hydroxyl groups excluding tert-OH is 1. The Kier molecular flexibility index (Phi) is 5.34. The van der Waals surface area contributed by atoms with E-state index in [4.69, 9.17) is 4.74 Å². The van der Waals surface area contributed by atoms with Crippen molar-refractivity contribution in [2.24, 2.45) is 5.92 Å². The number of amides is 1. The quantitative estimate of drug-likeness (QED) is 0.846. The van der Waals surface area contributed by atoms with Gasteiger partial charge in [-0.15, -0.1) is 0 Å². The Bertz CT molecular complexity index is 810. The molecule has 2 aliphatic rings. The first-order valence-electron chi connectivity index (χ1n) is 10.2. The van der Waals surface area contributed by atoms with E-state index >= 15 is 0 Å². The molecule has 2 aliphatic carbocycles. The summed E-state index contributed by atoms with van der Waals surface area (Å²) in [5.74, 6) is 1.16. The molecule has 2 fully saturated rings. The fourth-order valence-corrected chi connectivity index (χ4v) is 4.45. The van der Waals surface area contributed by atoms with Gasteiger partial charge in [-0.25, -0.2) is 4.98 Å². The van der Waals surface area contributed by atoms with Gasteiger partial charge in [0.2, 0.25) is 0 Å². The molecule has 2 aromatic rings. The summed E-state index contributed by atoms with van der Waals surface area (Å²) in [7, 11) is 0. The second-order valence-electron chi connectivity index (χ2n) is 8.01. The molecule has 0 saturated heterocycles. The monoisotopic (exact) mass is 371 g/mol. The van der Waals surface area contributed by atoms with Gasteiger partial charge >= 0.3 is 0 Å². The molecule has 4 rings (SSSR count). The fraction of sp³-hybridized carbons (Fsp3) is 0.619. The number of aliphatic hydroxyl groups is 1. The number of nitrogens with zero attached hydrogens (tertiary/aromatic N) is 2. The number of hydrogen-bond donors (Lipinski definition) is 2. The highest BCUT2D eigenvalue weighted by molar-refractivity contribution is 5.95. The van der Waals surface area contributed by atoms with Crippen molar-refractivity contribution in [2.45, 2.75) is 70.4 Å². The number of ether oxygens (including phenoxy) is 1. The van der Waals surface area contributed by atoms with Crippen molar-refractivity contribution in [1.29, 1.82) is 0 Å². The van der Waals surface area contributed by atoms with E-state index in [1.807, 2.05) is 29.7 Å². The van der Waals surface area contributed by atoms with Crippen molar-refractivity contribution >= 4 is 11.6 Å². The third-order valence-corrected chi connectivity index (χ3v) is 6.00. The molecular formula is C21H29N3O3. The second kappa shape index (κ2) is 7.89. The van der Waals surface area contributed by atoms with Gasteiger partial charge in [-0.1, -0.05) is 19.3 Å².